The molecule has 1 aromatic carbocycles. The summed E-state index contributed by atoms with van der Waals surface area (Å²) in [6.45, 7) is 0. The Balaban J connectivity index is 1.91. The number of nitrogens with two attached hydrogens (primary N) is 1. The summed E-state index contributed by atoms with van der Waals surface area (Å²) in [6, 6.07) is 2.92. The van der Waals surface area contributed by atoms with Crippen LogP contribution in [-0.2, 0) is 0 Å². The third-order valence-electron chi connectivity index (χ3n) is 4.10. The van der Waals surface area contributed by atoms with Crippen molar-refractivity contribution in [2.24, 2.45) is 0 Å². The molecule has 0 saturated heterocycles. The van der Waals surface area contributed by atoms with E-state index in [2.05, 4.69) is 15.4 Å². The van der Waals surface area contributed by atoms with Gasteiger partial charge in [0.15, 0.2) is 0 Å². The van der Waals surface area contributed by atoms with Gasteiger partial charge in [-0.2, -0.15) is 4.98 Å². The number of nitrogens with zero attached hydrogens (tertiary/aromatic N) is 3. The van der Waals surface area contributed by atoms with Crippen LogP contribution in [0.3, 0.4) is 0 Å². The second-order valence-corrected chi connectivity index (χ2v) is 8.56. The highest BCUT2D eigenvalue weighted by atomic mass is 32.5. The molecular weight excluding hydrogens is 365 g/mol. The molecule has 1 saturated carbocycles. The van der Waals surface area contributed by atoms with E-state index < -0.39 is 15.1 Å². The monoisotopic (exact) mass is 383 g/mol. The number of nitrogen functional groups attached to an aromatic ring is 1. The summed E-state index contributed by atoms with van der Waals surface area (Å²) in [6.07, 6.45) is 4.81. The number of hydrogen-bond acceptors (Lipinski definition) is 4. The Morgan fingerprint density at radius 2 is 1.76 bits per heavy atom. The van der Waals surface area contributed by atoms with Gasteiger partial charge in [0.2, 0.25) is 11.9 Å². The van der Waals surface area contributed by atoms with E-state index in [1.807, 2.05) is 0 Å². The SMILES string of the molecule is Nc1nc(Nc2cccc(S(F)(F)(F)(F)F)c2)n(C2CCCCC2)n1. The number of anilines is 3. The molecule has 0 unspecified atom stereocenters. The van der Waals surface area contributed by atoms with E-state index in [4.69, 9.17) is 5.73 Å². The lowest BCUT2D eigenvalue weighted by atomic mass is 9.96. The molecule has 1 aromatic heterocycles. The Kier molecular flexibility index (Phi) is 3.72. The summed E-state index contributed by atoms with van der Waals surface area (Å²) in [5.41, 5.74) is 5.45. The van der Waals surface area contributed by atoms with Crippen molar-refractivity contribution in [1.29, 1.82) is 0 Å². The minimum Gasteiger partial charge on any atom is -0.366 e. The lowest BCUT2D eigenvalue weighted by molar-refractivity contribution is 0.333. The first kappa shape index (κ1) is 17.8. The maximum atomic E-state index is 13.0. The summed E-state index contributed by atoms with van der Waals surface area (Å²) in [5, 5.41) is 6.72. The predicted molar refractivity (Wildman–Crippen MR) is 87.7 cm³/mol. The zero-order chi connectivity index (χ0) is 18.4. The second-order valence-electron chi connectivity index (χ2n) is 6.15. The third-order valence-corrected chi connectivity index (χ3v) is 5.25. The Morgan fingerprint density at radius 1 is 1.08 bits per heavy atom. The van der Waals surface area contributed by atoms with Gasteiger partial charge in [0.1, 0.15) is 4.90 Å². The first-order valence-corrected chi connectivity index (χ1v) is 9.71. The third kappa shape index (κ3) is 4.14. The minimum atomic E-state index is -9.74. The number of aromatic nitrogens is 3. The highest BCUT2D eigenvalue weighted by molar-refractivity contribution is 8.45. The molecule has 140 valence electrons. The Hall–Kier alpha value is -2.04. The van der Waals surface area contributed by atoms with Crippen molar-refractivity contribution < 1.29 is 19.4 Å². The van der Waals surface area contributed by atoms with Gasteiger partial charge in [-0.3, -0.25) is 0 Å². The van der Waals surface area contributed by atoms with Gasteiger partial charge in [0, 0.05) is 5.69 Å². The van der Waals surface area contributed by atoms with Gasteiger partial charge in [-0.25, -0.2) is 4.68 Å². The van der Waals surface area contributed by atoms with E-state index in [0.717, 1.165) is 38.2 Å². The fourth-order valence-electron chi connectivity index (χ4n) is 2.95. The maximum Gasteiger partial charge on any atom is 0.310 e. The Morgan fingerprint density at radius 3 is 2.40 bits per heavy atom. The minimum absolute atomic E-state index is 0.0276. The van der Waals surface area contributed by atoms with Crippen LogP contribution in [0.1, 0.15) is 38.1 Å². The molecule has 0 atom stereocenters. The molecule has 5 nitrogen and oxygen atoms in total. The van der Waals surface area contributed by atoms with Gasteiger partial charge in [0.05, 0.1) is 6.04 Å². The first-order valence-electron chi connectivity index (χ1n) is 7.75. The van der Waals surface area contributed by atoms with Gasteiger partial charge in [0.25, 0.3) is 0 Å². The topological polar surface area (TPSA) is 68.8 Å². The molecular formula is C14H18F5N5S. The number of benzene rings is 1. The molecule has 1 aliphatic rings. The highest BCUT2D eigenvalue weighted by Gasteiger charge is 2.65. The molecule has 0 bridgehead atoms. The van der Waals surface area contributed by atoms with Crippen LogP contribution in [0.2, 0.25) is 0 Å². The van der Waals surface area contributed by atoms with Crippen LogP contribution in [-0.4, -0.2) is 14.8 Å². The van der Waals surface area contributed by atoms with E-state index in [1.165, 1.54) is 10.7 Å². The van der Waals surface area contributed by atoms with Crippen molar-refractivity contribution in [2.75, 3.05) is 11.1 Å². The van der Waals surface area contributed by atoms with Crippen molar-refractivity contribution in [2.45, 2.75) is 43.0 Å². The zero-order valence-electron chi connectivity index (χ0n) is 13.1. The average molecular weight is 383 g/mol. The lowest BCUT2D eigenvalue weighted by Crippen LogP contribution is -2.16. The smallest absolute Gasteiger partial charge is 0.310 e. The molecule has 1 aliphatic carbocycles. The second kappa shape index (κ2) is 5.23. The molecule has 3 N–H and O–H groups in total. The quantitative estimate of drug-likeness (QED) is 0.658. The largest absolute Gasteiger partial charge is 0.366 e. The summed E-state index contributed by atoms with van der Waals surface area (Å²) in [7, 11) is -9.74. The maximum absolute atomic E-state index is 13.0. The molecule has 2 aromatic rings. The number of hydrogen-bond donors (Lipinski definition) is 2. The molecule has 25 heavy (non-hydrogen) atoms. The molecule has 0 spiro atoms. The van der Waals surface area contributed by atoms with Crippen LogP contribution in [0.5, 0.6) is 0 Å². The van der Waals surface area contributed by atoms with Gasteiger partial charge in [-0.15, -0.1) is 5.10 Å². The molecule has 3 rings (SSSR count). The van der Waals surface area contributed by atoms with Crippen LogP contribution >= 0.6 is 10.2 Å². The summed E-state index contributed by atoms with van der Waals surface area (Å²) < 4.78 is 66.3. The van der Waals surface area contributed by atoms with Crippen molar-refractivity contribution in [3.8, 4) is 0 Å². The van der Waals surface area contributed by atoms with E-state index >= 15 is 0 Å². The van der Waals surface area contributed by atoms with E-state index in [-0.39, 0.29) is 23.6 Å². The van der Waals surface area contributed by atoms with Crippen LogP contribution in [0.25, 0.3) is 0 Å². The summed E-state index contributed by atoms with van der Waals surface area (Å²) in [5.74, 6) is 0.112. The van der Waals surface area contributed by atoms with Crippen LogP contribution < -0.4 is 11.1 Å². The van der Waals surface area contributed by atoms with Crippen molar-refractivity contribution in [3.63, 3.8) is 0 Å². The highest BCUT2D eigenvalue weighted by Crippen LogP contribution is 3.02. The molecule has 0 radical (unpaired) electrons. The molecule has 11 heteroatoms. The fraction of sp³-hybridized carbons (Fsp3) is 0.429. The molecule has 0 amide bonds. The lowest BCUT2D eigenvalue weighted by Gasteiger charge is -2.40. The van der Waals surface area contributed by atoms with E-state index in [0.29, 0.717) is 12.1 Å². The van der Waals surface area contributed by atoms with Gasteiger partial charge < -0.3 is 11.1 Å². The summed E-state index contributed by atoms with van der Waals surface area (Å²) >= 11 is 0. The van der Waals surface area contributed by atoms with Gasteiger partial charge in [-0.05, 0) is 31.0 Å². The molecule has 1 heterocycles. The Bertz CT molecular complexity index is 783. The standard InChI is InChI=1S/C14H18F5N5S/c15-25(16,17,18,19)12-8-4-5-10(9-12)21-14-22-13(20)23-24(14)11-6-2-1-3-7-11/h4-5,8-9,11H,1-3,6-7H2,(H3,20,21,22,23). The van der Waals surface area contributed by atoms with Crippen molar-refractivity contribution in [3.05, 3.63) is 24.3 Å². The van der Waals surface area contributed by atoms with Crippen LogP contribution in [0.15, 0.2) is 29.2 Å². The van der Waals surface area contributed by atoms with Crippen molar-refractivity contribution >= 4 is 27.8 Å². The fourth-order valence-corrected chi connectivity index (χ4v) is 3.63. The first-order chi connectivity index (χ1) is 11.4. The normalized spacial score (nSPS) is 19.2. The number of nitrogens with one attached hydrogen (secondary N) is 1. The average Bonchev–Trinajstić information content (AvgIpc) is 2.87. The van der Waals surface area contributed by atoms with Crippen LogP contribution in [0.4, 0.5) is 37.0 Å². The number of rotatable bonds is 4. The molecule has 0 aliphatic heterocycles. The van der Waals surface area contributed by atoms with Crippen molar-refractivity contribution in [1.82, 2.24) is 14.8 Å². The summed E-state index contributed by atoms with van der Waals surface area (Å²) in [4.78, 5) is 2.01. The van der Waals surface area contributed by atoms with E-state index in [9.17, 15) is 19.4 Å². The predicted octanol–water partition coefficient (Wildman–Crippen LogP) is 5.77. The molecule has 1 fully saturated rings. The zero-order valence-corrected chi connectivity index (χ0v) is 14.0. The van der Waals surface area contributed by atoms with Crippen LogP contribution in [0, 0.1) is 0 Å². The van der Waals surface area contributed by atoms with Gasteiger partial charge >= 0.3 is 10.2 Å². The Labute approximate surface area is 141 Å². The number of halogens is 5. The van der Waals surface area contributed by atoms with E-state index in [1.54, 1.807) is 0 Å². The van der Waals surface area contributed by atoms with Gasteiger partial charge in [-0.1, -0.05) is 44.8 Å².